The first-order valence-corrected chi connectivity index (χ1v) is 6.60. The standard InChI is InChI=1S/C13H26N2O.ClH/c1-4-10(3)12(14)13(16)15-11-7-5-6-9(2)8-11;/h9-12H,4-8,14H2,1-3H3,(H,15,16);1H. The summed E-state index contributed by atoms with van der Waals surface area (Å²) in [5.74, 6) is 1.04. The highest BCUT2D eigenvalue weighted by atomic mass is 35.5. The van der Waals surface area contributed by atoms with Crippen LogP contribution >= 0.6 is 12.4 Å². The van der Waals surface area contributed by atoms with E-state index in [1.165, 1.54) is 12.8 Å². The maximum Gasteiger partial charge on any atom is 0.237 e. The fraction of sp³-hybridized carbons (Fsp3) is 0.923. The van der Waals surface area contributed by atoms with Gasteiger partial charge in [-0.1, -0.05) is 40.0 Å². The number of carbonyl (C=O) groups is 1. The average Bonchev–Trinajstić information content (AvgIpc) is 2.27. The lowest BCUT2D eigenvalue weighted by Crippen LogP contribution is -2.49. The largest absolute Gasteiger partial charge is 0.352 e. The number of nitrogens with two attached hydrogens (primary N) is 1. The quantitative estimate of drug-likeness (QED) is 0.818. The Morgan fingerprint density at radius 1 is 1.47 bits per heavy atom. The third kappa shape index (κ3) is 5.26. The molecule has 0 saturated heterocycles. The summed E-state index contributed by atoms with van der Waals surface area (Å²) in [7, 11) is 0. The van der Waals surface area contributed by atoms with Crippen molar-refractivity contribution in [3.05, 3.63) is 0 Å². The van der Waals surface area contributed by atoms with Gasteiger partial charge >= 0.3 is 0 Å². The molecule has 17 heavy (non-hydrogen) atoms. The van der Waals surface area contributed by atoms with Crippen molar-refractivity contribution < 1.29 is 4.79 Å². The SMILES string of the molecule is CCC(C)C(N)C(=O)NC1CCCC(C)C1.Cl. The lowest BCUT2D eigenvalue weighted by molar-refractivity contribution is -0.124. The highest BCUT2D eigenvalue weighted by Gasteiger charge is 2.24. The van der Waals surface area contributed by atoms with Crippen LogP contribution in [0.4, 0.5) is 0 Å². The molecule has 0 aromatic heterocycles. The van der Waals surface area contributed by atoms with Crippen molar-refractivity contribution in [3.63, 3.8) is 0 Å². The van der Waals surface area contributed by atoms with Gasteiger partial charge in [0, 0.05) is 6.04 Å². The van der Waals surface area contributed by atoms with Crippen molar-refractivity contribution in [2.45, 2.75) is 65.0 Å². The second kappa shape index (κ2) is 7.93. The molecule has 0 bridgehead atoms. The Balaban J connectivity index is 0.00000256. The van der Waals surface area contributed by atoms with Gasteiger partial charge in [0.25, 0.3) is 0 Å². The summed E-state index contributed by atoms with van der Waals surface area (Å²) < 4.78 is 0. The Morgan fingerprint density at radius 2 is 2.12 bits per heavy atom. The van der Waals surface area contributed by atoms with E-state index in [0.29, 0.717) is 6.04 Å². The molecule has 1 rings (SSSR count). The molecule has 4 heteroatoms. The number of rotatable bonds is 4. The summed E-state index contributed by atoms with van der Waals surface area (Å²) in [6.45, 7) is 6.36. The van der Waals surface area contributed by atoms with Crippen molar-refractivity contribution in [1.82, 2.24) is 5.32 Å². The zero-order valence-corrected chi connectivity index (χ0v) is 12.1. The molecular weight excluding hydrogens is 236 g/mol. The van der Waals surface area contributed by atoms with Gasteiger partial charge in [-0.3, -0.25) is 4.79 Å². The lowest BCUT2D eigenvalue weighted by atomic mass is 9.86. The summed E-state index contributed by atoms with van der Waals surface area (Å²) in [6.07, 6.45) is 5.70. The molecule has 1 fully saturated rings. The number of hydrogen-bond acceptors (Lipinski definition) is 2. The number of amides is 1. The summed E-state index contributed by atoms with van der Waals surface area (Å²) in [4.78, 5) is 11.9. The summed E-state index contributed by atoms with van der Waals surface area (Å²) in [5, 5.41) is 3.10. The van der Waals surface area contributed by atoms with E-state index in [4.69, 9.17) is 5.73 Å². The molecule has 0 radical (unpaired) electrons. The summed E-state index contributed by atoms with van der Waals surface area (Å²) >= 11 is 0. The van der Waals surface area contributed by atoms with Crippen LogP contribution in [0.25, 0.3) is 0 Å². The third-order valence-corrected chi connectivity index (χ3v) is 3.84. The number of nitrogens with one attached hydrogen (secondary N) is 1. The molecule has 0 aromatic carbocycles. The zero-order chi connectivity index (χ0) is 12.1. The maximum atomic E-state index is 11.9. The van der Waals surface area contributed by atoms with E-state index >= 15 is 0 Å². The maximum absolute atomic E-state index is 11.9. The first kappa shape index (κ1) is 16.7. The zero-order valence-electron chi connectivity index (χ0n) is 11.2. The Morgan fingerprint density at radius 3 is 2.65 bits per heavy atom. The predicted molar refractivity (Wildman–Crippen MR) is 74.2 cm³/mol. The molecule has 0 heterocycles. The fourth-order valence-electron chi connectivity index (χ4n) is 2.37. The molecule has 1 saturated carbocycles. The van der Waals surface area contributed by atoms with E-state index in [-0.39, 0.29) is 30.3 Å². The van der Waals surface area contributed by atoms with Gasteiger partial charge in [0.15, 0.2) is 0 Å². The van der Waals surface area contributed by atoms with E-state index in [0.717, 1.165) is 25.2 Å². The number of hydrogen-bond donors (Lipinski definition) is 2. The molecule has 0 spiro atoms. The molecule has 1 aliphatic carbocycles. The van der Waals surface area contributed by atoms with Gasteiger partial charge < -0.3 is 11.1 Å². The Kier molecular flexibility index (Phi) is 7.80. The van der Waals surface area contributed by atoms with Crippen LogP contribution in [-0.2, 0) is 4.79 Å². The predicted octanol–water partition coefficient (Wildman–Crippen LogP) is 2.48. The van der Waals surface area contributed by atoms with Crippen molar-refractivity contribution in [1.29, 1.82) is 0 Å². The van der Waals surface area contributed by atoms with Crippen molar-refractivity contribution >= 4 is 18.3 Å². The molecule has 3 N–H and O–H groups in total. The molecule has 3 nitrogen and oxygen atoms in total. The second-order valence-corrected chi connectivity index (χ2v) is 5.39. The van der Waals surface area contributed by atoms with Crippen LogP contribution in [-0.4, -0.2) is 18.0 Å². The van der Waals surface area contributed by atoms with Gasteiger partial charge in [-0.05, 0) is 24.7 Å². The topological polar surface area (TPSA) is 55.1 Å². The molecule has 0 aliphatic heterocycles. The van der Waals surface area contributed by atoms with Gasteiger partial charge in [0.1, 0.15) is 0 Å². The number of halogens is 1. The molecule has 1 aliphatic rings. The Hall–Kier alpha value is -0.280. The Labute approximate surface area is 111 Å². The van der Waals surface area contributed by atoms with Crippen LogP contribution in [0, 0.1) is 11.8 Å². The summed E-state index contributed by atoms with van der Waals surface area (Å²) in [6, 6.07) is 0.00795. The summed E-state index contributed by atoms with van der Waals surface area (Å²) in [5.41, 5.74) is 5.91. The first-order valence-electron chi connectivity index (χ1n) is 6.60. The van der Waals surface area contributed by atoms with Crippen LogP contribution in [0.5, 0.6) is 0 Å². The molecule has 4 unspecified atom stereocenters. The van der Waals surface area contributed by atoms with Crippen LogP contribution in [0.2, 0.25) is 0 Å². The molecular formula is C13H27ClN2O. The van der Waals surface area contributed by atoms with Gasteiger partial charge in [0.05, 0.1) is 6.04 Å². The van der Waals surface area contributed by atoms with Gasteiger partial charge in [0.2, 0.25) is 5.91 Å². The van der Waals surface area contributed by atoms with Gasteiger partial charge in [-0.25, -0.2) is 0 Å². The van der Waals surface area contributed by atoms with Crippen LogP contribution < -0.4 is 11.1 Å². The average molecular weight is 263 g/mol. The molecule has 1 amide bonds. The van der Waals surface area contributed by atoms with Gasteiger partial charge in [-0.15, -0.1) is 12.4 Å². The monoisotopic (exact) mass is 262 g/mol. The minimum Gasteiger partial charge on any atom is -0.352 e. The van der Waals surface area contributed by atoms with Crippen LogP contribution in [0.15, 0.2) is 0 Å². The van der Waals surface area contributed by atoms with E-state index in [2.05, 4.69) is 19.2 Å². The normalized spacial score (nSPS) is 27.8. The first-order chi connectivity index (χ1) is 7.54. The van der Waals surface area contributed by atoms with Crippen molar-refractivity contribution in [3.8, 4) is 0 Å². The smallest absolute Gasteiger partial charge is 0.237 e. The minimum absolute atomic E-state index is 0. The third-order valence-electron chi connectivity index (χ3n) is 3.84. The van der Waals surface area contributed by atoms with Crippen LogP contribution in [0.1, 0.15) is 52.9 Å². The molecule has 4 atom stereocenters. The molecule has 0 aromatic rings. The van der Waals surface area contributed by atoms with Gasteiger partial charge in [-0.2, -0.15) is 0 Å². The van der Waals surface area contributed by atoms with E-state index in [9.17, 15) is 4.79 Å². The molecule has 102 valence electrons. The lowest BCUT2D eigenvalue weighted by Gasteiger charge is -2.29. The highest BCUT2D eigenvalue weighted by Crippen LogP contribution is 2.23. The Bertz CT molecular complexity index is 235. The minimum atomic E-state index is -0.345. The fourth-order valence-corrected chi connectivity index (χ4v) is 2.37. The second-order valence-electron chi connectivity index (χ2n) is 5.39. The van der Waals surface area contributed by atoms with E-state index in [1.807, 2.05) is 6.92 Å². The highest BCUT2D eigenvalue weighted by molar-refractivity contribution is 5.85. The van der Waals surface area contributed by atoms with Crippen molar-refractivity contribution in [2.24, 2.45) is 17.6 Å². The van der Waals surface area contributed by atoms with E-state index in [1.54, 1.807) is 0 Å². The van der Waals surface area contributed by atoms with Crippen LogP contribution in [0.3, 0.4) is 0 Å². The van der Waals surface area contributed by atoms with Crippen molar-refractivity contribution in [2.75, 3.05) is 0 Å². The van der Waals surface area contributed by atoms with E-state index < -0.39 is 0 Å². The number of carbonyl (C=O) groups excluding carboxylic acids is 1.